The van der Waals surface area contributed by atoms with Crippen molar-refractivity contribution in [2.24, 2.45) is 0 Å². The average molecular weight is 452 g/mol. The molecule has 0 spiro atoms. The SMILES string of the molecule is COc1ccc(/C=C/C(=O)c2ccc(NS(=O)(=O)c3ccc4c(c3)OCCO4)cc2)cc1. The molecule has 1 aliphatic heterocycles. The molecular weight excluding hydrogens is 430 g/mol. The number of anilines is 1. The molecule has 0 aromatic heterocycles. The van der Waals surface area contributed by atoms with E-state index in [1.807, 2.05) is 24.3 Å². The Hall–Kier alpha value is -3.78. The summed E-state index contributed by atoms with van der Waals surface area (Å²) in [5, 5.41) is 0. The van der Waals surface area contributed by atoms with Gasteiger partial charge in [0.1, 0.15) is 19.0 Å². The summed E-state index contributed by atoms with van der Waals surface area (Å²) in [4.78, 5) is 12.5. The van der Waals surface area contributed by atoms with Crippen molar-refractivity contribution in [1.82, 2.24) is 0 Å². The number of benzene rings is 3. The van der Waals surface area contributed by atoms with Gasteiger partial charge in [-0.3, -0.25) is 9.52 Å². The zero-order valence-electron chi connectivity index (χ0n) is 17.3. The number of hydrogen-bond acceptors (Lipinski definition) is 6. The first-order chi connectivity index (χ1) is 15.4. The molecule has 32 heavy (non-hydrogen) atoms. The predicted molar refractivity (Wildman–Crippen MR) is 121 cm³/mol. The van der Waals surface area contributed by atoms with Gasteiger partial charge in [-0.05, 0) is 60.2 Å². The molecule has 0 saturated heterocycles. The molecule has 8 heteroatoms. The summed E-state index contributed by atoms with van der Waals surface area (Å²) in [6.07, 6.45) is 3.18. The Morgan fingerprint density at radius 1 is 0.938 bits per heavy atom. The summed E-state index contributed by atoms with van der Waals surface area (Å²) in [7, 11) is -2.24. The molecule has 0 saturated carbocycles. The second-order valence-electron chi connectivity index (χ2n) is 6.96. The smallest absolute Gasteiger partial charge is 0.262 e. The summed E-state index contributed by atoms with van der Waals surface area (Å²) in [5.41, 5.74) is 1.65. The van der Waals surface area contributed by atoms with Crippen molar-refractivity contribution in [3.63, 3.8) is 0 Å². The van der Waals surface area contributed by atoms with Crippen LogP contribution in [0.2, 0.25) is 0 Å². The molecule has 3 aromatic rings. The van der Waals surface area contributed by atoms with Crippen LogP contribution in [0.4, 0.5) is 5.69 Å². The van der Waals surface area contributed by atoms with Crippen LogP contribution in [0.25, 0.3) is 6.08 Å². The molecule has 0 amide bonds. The third kappa shape index (κ3) is 4.92. The van der Waals surface area contributed by atoms with Gasteiger partial charge < -0.3 is 14.2 Å². The molecule has 0 atom stereocenters. The molecule has 1 heterocycles. The van der Waals surface area contributed by atoms with Gasteiger partial charge in [0.25, 0.3) is 10.0 Å². The van der Waals surface area contributed by atoms with Gasteiger partial charge in [0.2, 0.25) is 0 Å². The number of ether oxygens (including phenoxy) is 3. The lowest BCUT2D eigenvalue weighted by Gasteiger charge is -2.19. The Morgan fingerprint density at radius 2 is 1.62 bits per heavy atom. The molecule has 0 fully saturated rings. The zero-order chi connectivity index (χ0) is 22.6. The van der Waals surface area contributed by atoms with E-state index >= 15 is 0 Å². The number of carbonyl (C=O) groups is 1. The van der Waals surface area contributed by atoms with Gasteiger partial charge in [0, 0.05) is 17.3 Å². The number of sulfonamides is 1. The monoisotopic (exact) mass is 451 g/mol. The Morgan fingerprint density at radius 3 is 2.31 bits per heavy atom. The first-order valence-electron chi connectivity index (χ1n) is 9.84. The molecular formula is C24H21NO6S. The predicted octanol–water partition coefficient (Wildman–Crippen LogP) is 4.16. The lowest BCUT2D eigenvalue weighted by molar-refractivity contribution is 0.104. The van der Waals surface area contributed by atoms with Crippen molar-refractivity contribution in [3.8, 4) is 17.2 Å². The van der Waals surface area contributed by atoms with Crippen molar-refractivity contribution >= 4 is 27.6 Å². The Balaban J connectivity index is 1.43. The van der Waals surface area contributed by atoms with Crippen LogP contribution in [-0.4, -0.2) is 34.5 Å². The highest BCUT2D eigenvalue weighted by Gasteiger charge is 2.19. The van der Waals surface area contributed by atoms with Crippen molar-refractivity contribution in [2.45, 2.75) is 4.90 Å². The van der Waals surface area contributed by atoms with Crippen LogP contribution < -0.4 is 18.9 Å². The summed E-state index contributed by atoms with van der Waals surface area (Å²) < 4.78 is 43.9. The molecule has 0 radical (unpaired) electrons. The first-order valence-corrected chi connectivity index (χ1v) is 11.3. The van der Waals surface area contributed by atoms with E-state index in [0.29, 0.717) is 36.0 Å². The van der Waals surface area contributed by atoms with E-state index in [-0.39, 0.29) is 10.7 Å². The second kappa shape index (κ2) is 9.15. The van der Waals surface area contributed by atoms with Gasteiger partial charge in [-0.2, -0.15) is 0 Å². The number of fused-ring (bicyclic) bond motifs is 1. The molecule has 3 aromatic carbocycles. The van der Waals surface area contributed by atoms with Crippen LogP contribution in [0.3, 0.4) is 0 Å². The van der Waals surface area contributed by atoms with Gasteiger partial charge in [0.05, 0.1) is 12.0 Å². The summed E-state index contributed by atoms with van der Waals surface area (Å²) in [5.74, 6) is 1.45. The number of nitrogens with one attached hydrogen (secondary N) is 1. The topological polar surface area (TPSA) is 90.9 Å². The van der Waals surface area contributed by atoms with Gasteiger partial charge in [-0.1, -0.05) is 18.2 Å². The Kier molecular flexibility index (Phi) is 6.13. The summed E-state index contributed by atoms with van der Waals surface area (Å²) >= 11 is 0. The highest BCUT2D eigenvalue weighted by Crippen LogP contribution is 2.32. The molecule has 4 rings (SSSR count). The standard InChI is InChI=1S/C24H21NO6S/c1-29-20-9-2-17(3-10-20)4-12-22(26)18-5-7-19(8-6-18)25-32(27,28)21-11-13-23-24(16-21)31-15-14-30-23/h2-13,16,25H,14-15H2,1H3/b12-4+. The van der Waals surface area contributed by atoms with Crippen molar-refractivity contribution in [2.75, 3.05) is 25.0 Å². The summed E-state index contributed by atoms with van der Waals surface area (Å²) in [6, 6.07) is 18.0. The Labute approximate surface area is 186 Å². The third-order valence-electron chi connectivity index (χ3n) is 4.79. The summed E-state index contributed by atoms with van der Waals surface area (Å²) in [6.45, 7) is 0.796. The molecule has 164 valence electrons. The highest BCUT2D eigenvalue weighted by atomic mass is 32.2. The molecule has 1 aliphatic rings. The number of rotatable bonds is 7. The van der Waals surface area contributed by atoms with E-state index in [1.165, 1.54) is 18.2 Å². The fourth-order valence-corrected chi connectivity index (χ4v) is 4.16. The van der Waals surface area contributed by atoms with Crippen LogP contribution in [0.15, 0.2) is 77.7 Å². The van der Waals surface area contributed by atoms with Crippen molar-refractivity contribution in [1.29, 1.82) is 0 Å². The first kappa shape index (κ1) is 21.5. The molecule has 0 aliphatic carbocycles. The Bertz CT molecular complexity index is 1250. The maximum atomic E-state index is 12.7. The van der Waals surface area contributed by atoms with Crippen LogP contribution in [-0.2, 0) is 10.0 Å². The molecule has 1 N–H and O–H groups in total. The third-order valence-corrected chi connectivity index (χ3v) is 6.17. The minimum absolute atomic E-state index is 0.0596. The fraction of sp³-hybridized carbons (Fsp3) is 0.125. The van der Waals surface area contributed by atoms with E-state index in [2.05, 4.69) is 4.72 Å². The van der Waals surface area contributed by atoms with Gasteiger partial charge in [-0.15, -0.1) is 0 Å². The van der Waals surface area contributed by atoms with E-state index in [1.54, 1.807) is 43.5 Å². The quantitative estimate of drug-likeness (QED) is 0.428. The van der Waals surface area contributed by atoms with Crippen molar-refractivity contribution < 1.29 is 27.4 Å². The minimum atomic E-state index is -3.83. The van der Waals surface area contributed by atoms with Crippen LogP contribution in [0, 0.1) is 0 Å². The second-order valence-corrected chi connectivity index (χ2v) is 8.64. The van der Waals surface area contributed by atoms with E-state index in [0.717, 1.165) is 11.3 Å². The fourth-order valence-electron chi connectivity index (χ4n) is 3.09. The van der Waals surface area contributed by atoms with Crippen LogP contribution >= 0.6 is 0 Å². The number of allylic oxidation sites excluding steroid dienone is 1. The van der Waals surface area contributed by atoms with Gasteiger partial charge >= 0.3 is 0 Å². The molecule has 0 unspecified atom stereocenters. The van der Waals surface area contributed by atoms with Crippen LogP contribution in [0.5, 0.6) is 17.2 Å². The van der Waals surface area contributed by atoms with E-state index < -0.39 is 10.0 Å². The van der Waals surface area contributed by atoms with Gasteiger partial charge in [0.15, 0.2) is 17.3 Å². The molecule has 7 nitrogen and oxygen atoms in total. The lowest BCUT2D eigenvalue weighted by Crippen LogP contribution is -2.17. The number of hydrogen-bond donors (Lipinski definition) is 1. The van der Waals surface area contributed by atoms with Crippen molar-refractivity contribution in [3.05, 3.63) is 83.9 Å². The molecule has 0 bridgehead atoms. The largest absolute Gasteiger partial charge is 0.497 e. The number of ketones is 1. The van der Waals surface area contributed by atoms with Gasteiger partial charge in [-0.25, -0.2) is 8.42 Å². The maximum Gasteiger partial charge on any atom is 0.262 e. The van der Waals surface area contributed by atoms with E-state index in [9.17, 15) is 13.2 Å². The highest BCUT2D eigenvalue weighted by molar-refractivity contribution is 7.92. The van der Waals surface area contributed by atoms with E-state index in [4.69, 9.17) is 14.2 Å². The normalized spacial score (nSPS) is 13.0. The lowest BCUT2D eigenvalue weighted by atomic mass is 10.1. The maximum absolute atomic E-state index is 12.7. The average Bonchev–Trinajstić information content (AvgIpc) is 2.82. The number of carbonyl (C=O) groups excluding carboxylic acids is 1. The number of methoxy groups -OCH3 is 1. The minimum Gasteiger partial charge on any atom is -0.497 e. The zero-order valence-corrected chi connectivity index (χ0v) is 18.1. The van der Waals surface area contributed by atoms with Crippen LogP contribution in [0.1, 0.15) is 15.9 Å².